The van der Waals surface area contributed by atoms with Gasteiger partial charge in [0.1, 0.15) is 0 Å². The quantitative estimate of drug-likeness (QED) is 0.893. The number of urea groups is 1. The molecule has 0 spiro atoms. The highest BCUT2D eigenvalue weighted by Crippen LogP contribution is 2.54. The van der Waals surface area contributed by atoms with Gasteiger partial charge in [-0.1, -0.05) is 24.3 Å². The summed E-state index contributed by atoms with van der Waals surface area (Å²) in [4.78, 5) is 12.2. The van der Waals surface area contributed by atoms with E-state index >= 15 is 0 Å². The first kappa shape index (κ1) is 13.8. The van der Waals surface area contributed by atoms with Crippen LogP contribution < -0.4 is 10.6 Å². The number of rotatable bonds is 2. The molecule has 0 heterocycles. The Balaban J connectivity index is 1.40. The minimum Gasteiger partial charge on any atom is -0.334 e. The van der Waals surface area contributed by atoms with Gasteiger partial charge in [0.25, 0.3) is 0 Å². The van der Waals surface area contributed by atoms with Crippen LogP contribution in [0.2, 0.25) is 0 Å². The Bertz CT molecular complexity index is 791. The van der Waals surface area contributed by atoms with Gasteiger partial charge in [-0.25, -0.2) is 4.79 Å². The number of carbonyl (C=O) groups is 1. The van der Waals surface area contributed by atoms with Gasteiger partial charge in [0.15, 0.2) is 0 Å². The lowest BCUT2D eigenvalue weighted by Crippen LogP contribution is -2.32. The second-order valence-corrected chi connectivity index (χ2v) is 6.24. The number of aryl methyl sites for hydroxylation is 1. The normalized spacial score (nSPS) is 23.9. The molecule has 4 heteroatoms. The van der Waals surface area contributed by atoms with Crippen molar-refractivity contribution >= 4 is 11.7 Å². The predicted molar refractivity (Wildman–Crippen MR) is 88.1 cm³/mol. The Hall–Kier alpha value is -2.80. The van der Waals surface area contributed by atoms with E-state index in [2.05, 4.69) is 41.0 Å². The molecule has 1 saturated carbocycles. The van der Waals surface area contributed by atoms with E-state index in [0.29, 0.717) is 23.1 Å². The molecule has 23 heavy (non-hydrogen) atoms. The SMILES string of the molecule is N#Cc1ccc(NC(=O)N[C@@H]2[C@@H]3CCc4ccccc4[C@@H]32)cc1. The van der Waals surface area contributed by atoms with Crippen molar-refractivity contribution in [3.63, 3.8) is 0 Å². The highest BCUT2D eigenvalue weighted by atomic mass is 16.2. The molecule has 0 radical (unpaired) electrons. The Morgan fingerprint density at radius 1 is 1.13 bits per heavy atom. The minimum atomic E-state index is -0.174. The van der Waals surface area contributed by atoms with Gasteiger partial charge in [0.2, 0.25) is 0 Å². The lowest BCUT2D eigenvalue weighted by Gasteiger charge is -2.13. The molecule has 2 N–H and O–H groups in total. The number of benzene rings is 2. The average Bonchev–Trinajstić information content (AvgIpc) is 3.29. The van der Waals surface area contributed by atoms with Gasteiger partial charge in [0.05, 0.1) is 11.6 Å². The number of hydrogen-bond donors (Lipinski definition) is 2. The van der Waals surface area contributed by atoms with Crippen LogP contribution >= 0.6 is 0 Å². The fourth-order valence-electron chi connectivity index (χ4n) is 3.71. The Labute approximate surface area is 135 Å². The number of nitrogens with one attached hydrogen (secondary N) is 2. The first-order valence-electron chi connectivity index (χ1n) is 7.92. The highest BCUT2D eigenvalue weighted by Gasteiger charge is 2.53. The third kappa shape index (κ3) is 2.55. The van der Waals surface area contributed by atoms with Gasteiger partial charge in [0, 0.05) is 17.6 Å². The summed E-state index contributed by atoms with van der Waals surface area (Å²) in [6.45, 7) is 0. The van der Waals surface area contributed by atoms with E-state index in [4.69, 9.17) is 5.26 Å². The standard InChI is InChI=1S/C19H17N3O/c20-11-12-5-8-14(9-6-12)21-19(23)22-18-16-10-7-13-3-1-2-4-15(13)17(16)18/h1-6,8-9,16-18H,7,10H2,(H2,21,22,23)/t16-,17+,18-/m1/s1. The van der Waals surface area contributed by atoms with Crippen molar-refractivity contribution in [2.75, 3.05) is 5.32 Å². The fourth-order valence-corrected chi connectivity index (χ4v) is 3.71. The van der Waals surface area contributed by atoms with Crippen LogP contribution in [0.15, 0.2) is 48.5 Å². The van der Waals surface area contributed by atoms with Crippen LogP contribution in [-0.4, -0.2) is 12.1 Å². The molecule has 0 aromatic heterocycles. The molecule has 4 nitrogen and oxygen atoms in total. The molecule has 0 unspecified atom stereocenters. The largest absolute Gasteiger partial charge is 0.334 e. The number of fused-ring (bicyclic) bond motifs is 3. The zero-order valence-electron chi connectivity index (χ0n) is 12.6. The molecule has 2 aromatic rings. The van der Waals surface area contributed by atoms with Crippen molar-refractivity contribution in [2.45, 2.75) is 24.8 Å². The molecule has 0 aliphatic heterocycles. The summed E-state index contributed by atoms with van der Waals surface area (Å²) in [5.74, 6) is 1.03. The maximum absolute atomic E-state index is 12.2. The fraction of sp³-hybridized carbons (Fsp3) is 0.263. The molecule has 0 bridgehead atoms. The molecular weight excluding hydrogens is 286 g/mol. The molecular formula is C19H17N3O. The Morgan fingerprint density at radius 2 is 1.91 bits per heavy atom. The number of anilines is 1. The summed E-state index contributed by atoms with van der Waals surface area (Å²) in [7, 11) is 0. The van der Waals surface area contributed by atoms with Gasteiger partial charge in [-0.05, 0) is 54.2 Å². The average molecular weight is 303 g/mol. The maximum atomic E-state index is 12.2. The van der Waals surface area contributed by atoms with E-state index in [9.17, 15) is 4.79 Å². The Morgan fingerprint density at radius 3 is 2.70 bits per heavy atom. The van der Waals surface area contributed by atoms with Crippen molar-refractivity contribution in [3.8, 4) is 6.07 Å². The molecule has 3 atom stereocenters. The van der Waals surface area contributed by atoms with Gasteiger partial charge < -0.3 is 10.6 Å². The van der Waals surface area contributed by atoms with Crippen LogP contribution in [0.1, 0.15) is 29.0 Å². The van der Waals surface area contributed by atoms with Crippen LogP contribution in [-0.2, 0) is 6.42 Å². The third-order valence-corrected chi connectivity index (χ3v) is 4.90. The van der Waals surface area contributed by atoms with E-state index < -0.39 is 0 Å². The van der Waals surface area contributed by atoms with Gasteiger partial charge in [-0.2, -0.15) is 5.26 Å². The van der Waals surface area contributed by atoms with Crippen LogP contribution in [0.3, 0.4) is 0 Å². The monoisotopic (exact) mass is 303 g/mol. The van der Waals surface area contributed by atoms with Gasteiger partial charge in [-0.15, -0.1) is 0 Å². The van der Waals surface area contributed by atoms with E-state index in [1.807, 2.05) is 0 Å². The number of nitrogens with zero attached hydrogens (tertiary/aromatic N) is 1. The molecule has 2 aromatic carbocycles. The summed E-state index contributed by atoms with van der Waals surface area (Å²) < 4.78 is 0. The van der Waals surface area contributed by atoms with E-state index in [1.165, 1.54) is 11.1 Å². The van der Waals surface area contributed by atoms with Crippen molar-refractivity contribution in [2.24, 2.45) is 5.92 Å². The van der Waals surface area contributed by atoms with E-state index in [1.54, 1.807) is 24.3 Å². The molecule has 2 amide bonds. The zero-order valence-corrected chi connectivity index (χ0v) is 12.6. The highest BCUT2D eigenvalue weighted by molar-refractivity contribution is 5.90. The number of amides is 2. The van der Waals surface area contributed by atoms with Crippen molar-refractivity contribution in [1.82, 2.24) is 5.32 Å². The van der Waals surface area contributed by atoms with Crippen LogP contribution in [0.5, 0.6) is 0 Å². The first-order chi connectivity index (χ1) is 11.3. The number of hydrogen-bond acceptors (Lipinski definition) is 2. The maximum Gasteiger partial charge on any atom is 0.319 e. The number of carbonyl (C=O) groups excluding carboxylic acids is 1. The van der Waals surface area contributed by atoms with Crippen molar-refractivity contribution in [1.29, 1.82) is 5.26 Å². The molecule has 2 aliphatic carbocycles. The number of nitriles is 1. The second kappa shape index (κ2) is 5.44. The summed E-state index contributed by atoms with van der Waals surface area (Å²) in [6, 6.07) is 17.5. The van der Waals surface area contributed by atoms with Crippen LogP contribution in [0.4, 0.5) is 10.5 Å². The molecule has 0 saturated heterocycles. The summed E-state index contributed by atoms with van der Waals surface area (Å²) in [5.41, 5.74) is 4.10. The Kier molecular flexibility index (Phi) is 3.27. The summed E-state index contributed by atoms with van der Waals surface area (Å²) in [5, 5.41) is 14.7. The molecule has 1 fully saturated rings. The van der Waals surface area contributed by atoms with Crippen molar-refractivity contribution < 1.29 is 4.79 Å². The van der Waals surface area contributed by atoms with Crippen molar-refractivity contribution in [3.05, 3.63) is 65.2 Å². The molecule has 114 valence electrons. The van der Waals surface area contributed by atoms with E-state index in [0.717, 1.165) is 12.8 Å². The lowest BCUT2D eigenvalue weighted by molar-refractivity contribution is 0.251. The zero-order chi connectivity index (χ0) is 15.8. The lowest BCUT2D eigenvalue weighted by atomic mass is 9.92. The van der Waals surface area contributed by atoms with Gasteiger partial charge >= 0.3 is 6.03 Å². The second-order valence-electron chi connectivity index (χ2n) is 6.24. The summed E-state index contributed by atoms with van der Waals surface area (Å²) in [6.07, 6.45) is 2.25. The molecule has 4 rings (SSSR count). The van der Waals surface area contributed by atoms with E-state index in [-0.39, 0.29) is 12.1 Å². The van der Waals surface area contributed by atoms with Crippen LogP contribution in [0.25, 0.3) is 0 Å². The van der Waals surface area contributed by atoms with Gasteiger partial charge in [-0.3, -0.25) is 0 Å². The first-order valence-corrected chi connectivity index (χ1v) is 7.92. The minimum absolute atomic E-state index is 0.174. The smallest absolute Gasteiger partial charge is 0.319 e. The molecule has 2 aliphatic rings. The van der Waals surface area contributed by atoms with Crippen LogP contribution in [0, 0.1) is 17.2 Å². The summed E-state index contributed by atoms with van der Waals surface area (Å²) >= 11 is 0. The third-order valence-electron chi connectivity index (χ3n) is 4.90. The topological polar surface area (TPSA) is 64.9 Å². The predicted octanol–water partition coefficient (Wildman–Crippen LogP) is 3.41.